The monoisotopic (exact) mass is 299 g/mol. The molecule has 0 bridgehead atoms. The Bertz CT molecular complexity index is 570. The summed E-state index contributed by atoms with van der Waals surface area (Å²) >= 11 is 1.55. The fourth-order valence-corrected chi connectivity index (χ4v) is 3.08. The number of hydrogen-bond acceptors (Lipinski definition) is 5. The maximum absolute atomic E-state index is 11.8. The quantitative estimate of drug-likeness (QED) is 0.893. The van der Waals surface area contributed by atoms with Gasteiger partial charge < -0.3 is 10.2 Å². The Morgan fingerprint density at radius 3 is 2.84 bits per heavy atom. The molecule has 1 amide bonds. The summed E-state index contributed by atoms with van der Waals surface area (Å²) in [4.78, 5) is 17.6. The number of carbonyl (C=O) groups excluding carboxylic acids is 1. The highest BCUT2D eigenvalue weighted by Gasteiger charge is 2.17. The molecule has 2 heterocycles. The molecule has 0 fully saturated rings. The first-order valence-corrected chi connectivity index (χ1v) is 6.69. The third-order valence-corrected chi connectivity index (χ3v) is 3.99. The summed E-state index contributed by atoms with van der Waals surface area (Å²) in [7, 11) is 0. The number of anilines is 2. The molecule has 7 heteroatoms. The van der Waals surface area contributed by atoms with Crippen LogP contribution in [0.1, 0.15) is 34.0 Å². The molecule has 0 spiro atoms. The Hall–Kier alpha value is -1.53. The van der Waals surface area contributed by atoms with Crippen LogP contribution in [0.4, 0.5) is 11.0 Å². The number of aryl methyl sites for hydroxylation is 2. The van der Waals surface area contributed by atoms with Crippen molar-refractivity contribution in [2.24, 2.45) is 0 Å². The van der Waals surface area contributed by atoms with E-state index in [-0.39, 0.29) is 30.0 Å². The number of halogens is 1. The number of nitrogen functional groups attached to an aromatic ring is 1. The van der Waals surface area contributed by atoms with E-state index in [9.17, 15) is 4.79 Å². The molecule has 0 radical (unpaired) electrons. The summed E-state index contributed by atoms with van der Waals surface area (Å²) in [5, 5.41) is 3.39. The van der Waals surface area contributed by atoms with Crippen molar-refractivity contribution in [2.45, 2.75) is 25.7 Å². The molecule has 2 aromatic rings. The third kappa shape index (κ3) is 2.90. The zero-order valence-electron chi connectivity index (χ0n) is 10.1. The zero-order chi connectivity index (χ0) is 12.5. The van der Waals surface area contributed by atoms with E-state index in [2.05, 4.69) is 10.3 Å². The number of nitrogens with zero attached hydrogens (tertiary/aromatic N) is 1. The average molecular weight is 300 g/mol. The molecule has 0 aliphatic heterocycles. The van der Waals surface area contributed by atoms with Gasteiger partial charge in [-0.05, 0) is 31.7 Å². The van der Waals surface area contributed by atoms with Gasteiger partial charge >= 0.3 is 0 Å². The average Bonchev–Trinajstić information content (AvgIpc) is 2.94. The van der Waals surface area contributed by atoms with Gasteiger partial charge in [0, 0.05) is 10.9 Å². The molecule has 5 nitrogen and oxygen atoms in total. The van der Waals surface area contributed by atoms with Gasteiger partial charge in [-0.3, -0.25) is 10.1 Å². The Balaban J connectivity index is 0.00000133. The first-order valence-electron chi connectivity index (χ1n) is 5.87. The number of furan rings is 1. The Morgan fingerprint density at radius 2 is 2.16 bits per heavy atom. The van der Waals surface area contributed by atoms with Gasteiger partial charge in [0.1, 0.15) is 0 Å². The highest BCUT2D eigenvalue weighted by molar-refractivity contribution is 7.15. The normalized spacial score (nSPS) is 13.5. The number of aromatic nitrogens is 1. The zero-order valence-corrected chi connectivity index (χ0v) is 11.8. The number of fused-ring (bicyclic) bond motifs is 1. The maximum Gasteiger partial charge on any atom is 0.293 e. The SMILES string of the molecule is Cl.Nc1ccc(C(=O)Nc2nc3c(s2)CCCC3)o1. The largest absolute Gasteiger partial charge is 0.436 e. The lowest BCUT2D eigenvalue weighted by molar-refractivity contribution is 0.0997. The number of rotatable bonds is 2. The highest BCUT2D eigenvalue weighted by atomic mass is 35.5. The lowest BCUT2D eigenvalue weighted by Gasteiger charge is -2.06. The lowest BCUT2D eigenvalue weighted by atomic mass is 10.0. The molecule has 0 unspecified atom stereocenters. The molecular weight excluding hydrogens is 286 g/mol. The minimum atomic E-state index is -0.308. The van der Waals surface area contributed by atoms with E-state index in [0.29, 0.717) is 5.13 Å². The van der Waals surface area contributed by atoms with E-state index in [1.165, 1.54) is 17.7 Å². The lowest BCUT2D eigenvalue weighted by Crippen LogP contribution is -2.10. The topological polar surface area (TPSA) is 81.2 Å². The van der Waals surface area contributed by atoms with Gasteiger partial charge in [0.15, 0.2) is 16.8 Å². The molecule has 3 N–H and O–H groups in total. The Labute approximate surface area is 120 Å². The Morgan fingerprint density at radius 1 is 1.37 bits per heavy atom. The first-order chi connectivity index (χ1) is 8.72. The van der Waals surface area contributed by atoms with Crippen molar-refractivity contribution < 1.29 is 9.21 Å². The third-order valence-electron chi connectivity index (χ3n) is 2.92. The van der Waals surface area contributed by atoms with Crippen molar-refractivity contribution >= 4 is 40.7 Å². The highest BCUT2D eigenvalue weighted by Crippen LogP contribution is 2.29. The molecule has 1 aliphatic carbocycles. The molecule has 2 aromatic heterocycles. The minimum absolute atomic E-state index is 0. The molecule has 19 heavy (non-hydrogen) atoms. The molecule has 3 rings (SSSR count). The second-order valence-electron chi connectivity index (χ2n) is 4.25. The van der Waals surface area contributed by atoms with Crippen molar-refractivity contribution in [1.82, 2.24) is 4.98 Å². The van der Waals surface area contributed by atoms with E-state index in [4.69, 9.17) is 10.2 Å². The summed E-state index contributed by atoms with van der Waals surface area (Å²) < 4.78 is 5.06. The second kappa shape index (κ2) is 5.63. The van der Waals surface area contributed by atoms with Crippen LogP contribution < -0.4 is 11.1 Å². The van der Waals surface area contributed by atoms with Crippen LogP contribution in [0.5, 0.6) is 0 Å². The first kappa shape index (κ1) is 13.9. The van der Waals surface area contributed by atoms with E-state index in [1.807, 2.05) is 0 Å². The Kier molecular flexibility index (Phi) is 4.11. The van der Waals surface area contributed by atoms with Crippen LogP contribution in [0.25, 0.3) is 0 Å². The van der Waals surface area contributed by atoms with Crippen molar-refractivity contribution in [2.75, 3.05) is 11.1 Å². The number of amides is 1. The molecule has 102 valence electrons. The number of nitrogens with two attached hydrogens (primary N) is 1. The van der Waals surface area contributed by atoms with Gasteiger partial charge in [-0.1, -0.05) is 0 Å². The van der Waals surface area contributed by atoms with Crippen LogP contribution in [0, 0.1) is 0 Å². The standard InChI is InChI=1S/C12H13N3O2S.ClH/c13-10-6-5-8(17-10)11(16)15-12-14-7-3-1-2-4-9(7)18-12;/h5-6H,1-4,13H2,(H,14,15,16);1H. The van der Waals surface area contributed by atoms with Gasteiger partial charge in [-0.25, -0.2) is 4.98 Å². The van der Waals surface area contributed by atoms with Gasteiger partial charge in [0.05, 0.1) is 5.69 Å². The van der Waals surface area contributed by atoms with Crippen molar-refractivity contribution in [1.29, 1.82) is 0 Å². The number of thiazole rings is 1. The van der Waals surface area contributed by atoms with Gasteiger partial charge in [0.25, 0.3) is 5.91 Å². The maximum atomic E-state index is 11.8. The molecule has 0 saturated carbocycles. The van der Waals surface area contributed by atoms with Gasteiger partial charge in [0.2, 0.25) is 0 Å². The van der Waals surface area contributed by atoms with E-state index in [0.717, 1.165) is 18.5 Å². The van der Waals surface area contributed by atoms with E-state index in [1.54, 1.807) is 23.5 Å². The number of nitrogens with one attached hydrogen (secondary N) is 1. The van der Waals surface area contributed by atoms with E-state index < -0.39 is 0 Å². The van der Waals surface area contributed by atoms with Gasteiger partial charge in [-0.15, -0.1) is 23.7 Å². The summed E-state index contributed by atoms with van der Waals surface area (Å²) in [6, 6.07) is 3.11. The smallest absolute Gasteiger partial charge is 0.293 e. The molecule has 0 aromatic carbocycles. The van der Waals surface area contributed by atoms with Crippen LogP contribution >= 0.6 is 23.7 Å². The number of carbonyl (C=O) groups is 1. The van der Waals surface area contributed by atoms with Crippen LogP contribution in [0.15, 0.2) is 16.5 Å². The van der Waals surface area contributed by atoms with Crippen LogP contribution in [0.3, 0.4) is 0 Å². The summed E-state index contributed by atoms with van der Waals surface area (Å²) in [5.74, 6) is 0.136. The molecular formula is C12H14ClN3O2S. The van der Waals surface area contributed by atoms with E-state index >= 15 is 0 Å². The number of hydrogen-bond donors (Lipinski definition) is 2. The fourth-order valence-electron chi connectivity index (χ4n) is 2.04. The fraction of sp³-hybridized carbons (Fsp3) is 0.333. The van der Waals surface area contributed by atoms with Crippen molar-refractivity contribution in [3.63, 3.8) is 0 Å². The summed E-state index contributed by atoms with van der Waals surface area (Å²) in [5.41, 5.74) is 6.56. The summed E-state index contributed by atoms with van der Waals surface area (Å²) in [6.07, 6.45) is 4.46. The molecule has 0 saturated heterocycles. The second-order valence-corrected chi connectivity index (χ2v) is 5.34. The predicted octanol–water partition coefficient (Wildman–Crippen LogP) is 2.87. The van der Waals surface area contributed by atoms with Crippen LogP contribution in [0.2, 0.25) is 0 Å². The molecule has 1 aliphatic rings. The van der Waals surface area contributed by atoms with Gasteiger partial charge in [-0.2, -0.15) is 0 Å². The molecule has 0 atom stereocenters. The van der Waals surface area contributed by atoms with Crippen LogP contribution in [-0.4, -0.2) is 10.9 Å². The van der Waals surface area contributed by atoms with Crippen molar-refractivity contribution in [3.8, 4) is 0 Å². The predicted molar refractivity (Wildman–Crippen MR) is 77.1 cm³/mol. The minimum Gasteiger partial charge on any atom is -0.436 e. The van der Waals surface area contributed by atoms with Crippen LogP contribution in [-0.2, 0) is 12.8 Å². The van der Waals surface area contributed by atoms with Crippen molar-refractivity contribution in [3.05, 3.63) is 28.5 Å². The summed E-state index contributed by atoms with van der Waals surface area (Å²) in [6.45, 7) is 0.